The van der Waals surface area contributed by atoms with E-state index in [9.17, 15) is 4.79 Å². The van der Waals surface area contributed by atoms with Gasteiger partial charge in [0, 0.05) is 30.3 Å². The zero-order valence-electron chi connectivity index (χ0n) is 9.32. The maximum Gasteiger partial charge on any atom is 0.223 e. The van der Waals surface area contributed by atoms with Crippen molar-refractivity contribution >= 4 is 33.2 Å². The van der Waals surface area contributed by atoms with Crippen molar-refractivity contribution in [3.63, 3.8) is 0 Å². The van der Waals surface area contributed by atoms with Crippen LogP contribution in [0.5, 0.6) is 0 Å². The van der Waals surface area contributed by atoms with E-state index in [1.54, 1.807) is 18.4 Å². The number of carbonyl (C=O) groups is 1. The van der Waals surface area contributed by atoms with Crippen molar-refractivity contribution in [1.82, 2.24) is 4.90 Å². The van der Waals surface area contributed by atoms with Crippen molar-refractivity contribution in [2.45, 2.75) is 13.0 Å². The van der Waals surface area contributed by atoms with Crippen molar-refractivity contribution < 1.29 is 9.53 Å². The minimum Gasteiger partial charge on any atom is -0.383 e. The quantitative estimate of drug-likeness (QED) is 0.725. The van der Waals surface area contributed by atoms with E-state index in [0.717, 1.165) is 0 Å². The van der Waals surface area contributed by atoms with E-state index in [1.807, 2.05) is 22.4 Å². The van der Waals surface area contributed by atoms with Gasteiger partial charge in [-0.3, -0.25) is 4.79 Å². The minimum absolute atomic E-state index is 0.169. The first-order valence-electron chi connectivity index (χ1n) is 5.13. The van der Waals surface area contributed by atoms with Gasteiger partial charge in [-0.2, -0.15) is 0 Å². The average Bonchev–Trinajstić information content (AvgIpc) is 2.77. The maximum atomic E-state index is 11.8. The van der Waals surface area contributed by atoms with Gasteiger partial charge in [-0.15, -0.1) is 11.3 Å². The van der Waals surface area contributed by atoms with Gasteiger partial charge in [0.2, 0.25) is 5.91 Å². The highest BCUT2D eigenvalue weighted by Gasteiger charge is 2.13. The summed E-state index contributed by atoms with van der Waals surface area (Å²) in [6.07, 6.45) is 0.537. The molecule has 0 fully saturated rings. The Kier molecular flexibility index (Phi) is 6.68. The van der Waals surface area contributed by atoms with Crippen LogP contribution in [0.1, 0.15) is 11.3 Å². The molecule has 0 radical (unpaired) electrons. The Hall–Kier alpha value is -0.390. The highest BCUT2D eigenvalue weighted by Crippen LogP contribution is 2.12. The molecule has 0 aliphatic heterocycles. The Morgan fingerprint density at radius 3 is 3.00 bits per heavy atom. The third-order valence-electron chi connectivity index (χ3n) is 2.15. The third kappa shape index (κ3) is 4.63. The van der Waals surface area contributed by atoms with Crippen LogP contribution < -0.4 is 0 Å². The zero-order valence-corrected chi connectivity index (χ0v) is 11.7. The standard InChI is InChI=1S/C11H16BrNO2S/c1-15-7-6-13(11(14)4-5-12)9-10-3-2-8-16-10/h2-3,8H,4-7,9H2,1H3. The Morgan fingerprint density at radius 1 is 1.62 bits per heavy atom. The number of nitrogens with zero attached hydrogens (tertiary/aromatic N) is 1. The van der Waals surface area contributed by atoms with E-state index >= 15 is 0 Å². The molecule has 1 amide bonds. The SMILES string of the molecule is COCCN(Cc1cccs1)C(=O)CCBr. The lowest BCUT2D eigenvalue weighted by Gasteiger charge is -2.21. The molecule has 0 aliphatic rings. The molecule has 0 bridgehead atoms. The van der Waals surface area contributed by atoms with Crippen molar-refractivity contribution in [2.75, 3.05) is 25.6 Å². The monoisotopic (exact) mass is 305 g/mol. The normalized spacial score (nSPS) is 10.4. The van der Waals surface area contributed by atoms with E-state index in [2.05, 4.69) is 15.9 Å². The molecule has 0 N–H and O–H groups in total. The van der Waals surface area contributed by atoms with Crippen LogP contribution in [0, 0.1) is 0 Å². The smallest absolute Gasteiger partial charge is 0.223 e. The van der Waals surface area contributed by atoms with Crippen LogP contribution in [0.3, 0.4) is 0 Å². The van der Waals surface area contributed by atoms with Gasteiger partial charge in [-0.05, 0) is 11.4 Å². The highest BCUT2D eigenvalue weighted by molar-refractivity contribution is 9.09. The van der Waals surface area contributed by atoms with Gasteiger partial charge in [0.1, 0.15) is 0 Å². The molecule has 90 valence electrons. The molecule has 0 unspecified atom stereocenters. The molecule has 5 heteroatoms. The molecule has 1 aromatic rings. The lowest BCUT2D eigenvalue weighted by Crippen LogP contribution is -2.33. The number of thiophene rings is 1. The van der Waals surface area contributed by atoms with Crippen LogP contribution in [-0.4, -0.2) is 36.4 Å². The molecule has 0 saturated carbocycles. The molecule has 0 aromatic carbocycles. The van der Waals surface area contributed by atoms with E-state index in [0.29, 0.717) is 31.4 Å². The first-order valence-corrected chi connectivity index (χ1v) is 7.13. The molecule has 3 nitrogen and oxygen atoms in total. The van der Waals surface area contributed by atoms with Crippen LogP contribution in [0.2, 0.25) is 0 Å². The van der Waals surface area contributed by atoms with E-state index in [-0.39, 0.29) is 5.91 Å². The zero-order chi connectivity index (χ0) is 11.8. The summed E-state index contributed by atoms with van der Waals surface area (Å²) in [5.74, 6) is 0.169. The van der Waals surface area contributed by atoms with E-state index in [1.165, 1.54) is 4.88 Å². The molecule has 1 aromatic heterocycles. The average molecular weight is 306 g/mol. The fourth-order valence-electron chi connectivity index (χ4n) is 1.32. The summed E-state index contributed by atoms with van der Waals surface area (Å²) >= 11 is 4.96. The molecular weight excluding hydrogens is 290 g/mol. The highest BCUT2D eigenvalue weighted by atomic mass is 79.9. The van der Waals surface area contributed by atoms with Crippen LogP contribution in [0.4, 0.5) is 0 Å². The largest absolute Gasteiger partial charge is 0.383 e. The third-order valence-corrected chi connectivity index (χ3v) is 3.41. The lowest BCUT2D eigenvalue weighted by molar-refractivity contribution is -0.131. The van der Waals surface area contributed by atoms with Gasteiger partial charge in [0.15, 0.2) is 0 Å². The molecule has 0 saturated heterocycles. The van der Waals surface area contributed by atoms with Crippen LogP contribution in [0.25, 0.3) is 0 Å². The van der Waals surface area contributed by atoms with Crippen LogP contribution in [-0.2, 0) is 16.1 Å². The number of alkyl halides is 1. The van der Waals surface area contributed by atoms with Crippen molar-refractivity contribution in [3.05, 3.63) is 22.4 Å². The van der Waals surface area contributed by atoms with Crippen molar-refractivity contribution in [2.24, 2.45) is 0 Å². The number of halogens is 1. The van der Waals surface area contributed by atoms with Gasteiger partial charge < -0.3 is 9.64 Å². The summed E-state index contributed by atoms with van der Waals surface area (Å²) in [6.45, 7) is 1.92. The molecule has 0 spiro atoms. The fourth-order valence-corrected chi connectivity index (χ4v) is 2.38. The summed E-state index contributed by atoms with van der Waals surface area (Å²) in [4.78, 5) is 14.9. The number of ether oxygens (including phenoxy) is 1. The molecule has 1 heterocycles. The first-order chi connectivity index (χ1) is 7.77. The molecule has 16 heavy (non-hydrogen) atoms. The van der Waals surface area contributed by atoms with Crippen LogP contribution in [0.15, 0.2) is 17.5 Å². The second kappa shape index (κ2) is 7.81. The summed E-state index contributed by atoms with van der Waals surface area (Å²) in [6, 6.07) is 4.05. The predicted molar refractivity (Wildman–Crippen MR) is 70.0 cm³/mol. The predicted octanol–water partition coefficient (Wildman–Crippen LogP) is 2.51. The Bertz CT molecular complexity index is 303. The van der Waals surface area contributed by atoms with Gasteiger partial charge >= 0.3 is 0 Å². The topological polar surface area (TPSA) is 29.5 Å². The van der Waals surface area contributed by atoms with Gasteiger partial charge in [-0.1, -0.05) is 22.0 Å². The van der Waals surface area contributed by atoms with E-state index < -0.39 is 0 Å². The Balaban J connectivity index is 2.52. The summed E-state index contributed by atoms with van der Waals surface area (Å²) in [5.41, 5.74) is 0. The summed E-state index contributed by atoms with van der Waals surface area (Å²) in [7, 11) is 1.65. The number of methoxy groups -OCH3 is 1. The Labute approximate surface area is 109 Å². The second-order valence-corrected chi connectivity index (χ2v) is 5.15. The fraction of sp³-hybridized carbons (Fsp3) is 0.545. The van der Waals surface area contributed by atoms with Gasteiger partial charge in [-0.25, -0.2) is 0 Å². The van der Waals surface area contributed by atoms with Gasteiger partial charge in [0.25, 0.3) is 0 Å². The number of rotatable bonds is 7. The molecule has 0 aliphatic carbocycles. The maximum absolute atomic E-state index is 11.8. The number of amides is 1. The van der Waals surface area contributed by atoms with Gasteiger partial charge in [0.05, 0.1) is 13.2 Å². The molecule has 0 atom stereocenters. The van der Waals surface area contributed by atoms with Crippen LogP contribution >= 0.6 is 27.3 Å². The number of carbonyl (C=O) groups excluding carboxylic acids is 1. The number of hydrogen-bond donors (Lipinski definition) is 0. The molecular formula is C11H16BrNO2S. The number of hydrogen-bond acceptors (Lipinski definition) is 3. The lowest BCUT2D eigenvalue weighted by atomic mass is 10.3. The Morgan fingerprint density at radius 2 is 2.44 bits per heavy atom. The second-order valence-electron chi connectivity index (χ2n) is 3.33. The summed E-state index contributed by atoms with van der Waals surface area (Å²) in [5, 5.41) is 2.73. The van der Waals surface area contributed by atoms with Crippen molar-refractivity contribution in [3.8, 4) is 0 Å². The van der Waals surface area contributed by atoms with E-state index in [4.69, 9.17) is 4.74 Å². The molecule has 1 rings (SSSR count). The minimum atomic E-state index is 0.169. The first kappa shape index (κ1) is 13.7. The van der Waals surface area contributed by atoms with Crippen molar-refractivity contribution in [1.29, 1.82) is 0 Å². The summed E-state index contributed by atoms with van der Waals surface area (Å²) < 4.78 is 5.02.